The second-order valence-electron chi connectivity index (χ2n) is 9.88. The molecule has 3 rings (SSSR count). The van der Waals surface area contributed by atoms with E-state index in [9.17, 15) is 27.5 Å². The molecule has 38 heavy (non-hydrogen) atoms. The first-order valence-electron chi connectivity index (χ1n) is 12.3. The summed E-state index contributed by atoms with van der Waals surface area (Å²) >= 11 is 0. The Labute approximate surface area is 222 Å². The number of likely N-dealkylation sites (N-methyl/N-ethyl adjacent to an activating group) is 1. The second kappa shape index (κ2) is 12.0. The number of halogens is 1. The molecular formula is C26H35FN4O6S. The number of rotatable bonds is 8. The average Bonchev–Trinajstić information content (AvgIpc) is 2.85. The molecule has 0 unspecified atom stereocenters. The topological polar surface area (TPSA) is 128 Å². The predicted molar refractivity (Wildman–Crippen MR) is 141 cm³/mol. The number of hydrogen-bond donors (Lipinski definition) is 3. The maximum atomic E-state index is 13.6. The molecule has 0 aliphatic carbocycles. The lowest BCUT2D eigenvalue weighted by Gasteiger charge is -2.38. The van der Waals surface area contributed by atoms with Gasteiger partial charge in [0.2, 0.25) is 0 Å². The minimum Gasteiger partial charge on any atom is -0.487 e. The summed E-state index contributed by atoms with van der Waals surface area (Å²) in [6, 6.07) is 7.88. The fourth-order valence-electron chi connectivity index (χ4n) is 4.04. The molecular weight excluding hydrogens is 515 g/mol. The fourth-order valence-corrected chi connectivity index (χ4v) is 5.09. The molecule has 0 saturated heterocycles. The maximum Gasteiger partial charge on any atom is 0.317 e. The van der Waals surface area contributed by atoms with Crippen LogP contribution in [0, 0.1) is 11.7 Å². The third-order valence-corrected chi connectivity index (χ3v) is 7.65. The molecule has 10 nitrogen and oxygen atoms in total. The van der Waals surface area contributed by atoms with Crippen molar-refractivity contribution in [1.29, 1.82) is 0 Å². The van der Waals surface area contributed by atoms with Crippen molar-refractivity contribution < 1.29 is 32.2 Å². The largest absolute Gasteiger partial charge is 0.487 e. The molecule has 1 aliphatic rings. The first-order valence-corrected chi connectivity index (χ1v) is 13.8. The molecule has 3 N–H and O–H groups in total. The van der Waals surface area contributed by atoms with Gasteiger partial charge in [0.15, 0.2) is 0 Å². The molecule has 0 bridgehead atoms. The molecule has 2 aromatic rings. The van der Waals surface area contributed by atoms with Gasteiger partial charge >= 0.3 is 6.03 Å². The quantitative estimate of drug-likeness (QED) is 0.464. The summed E-state index contributed by atoms with van der Waals surface area (Å²) < 4.78 is 47.6. The van der Waals surface area contributed by atoms with Gasteiger partial charge in [-0.25, -0.2) is 17.6 Å². The maximum absolute atomic E-state index is 13.6. The van der Waals surface area contributed by atoms with E-state index in [2.05, 4.69) is 10.0 Å². The standard InChI is InChI=1S/C26H35FN4O6S/c1-16(2)28-26(34)30(5)14-24-17(3)13-31(18(4)15-32)25(33)22-12-20(8-11-23(22)37-24)29-38(35,36)21-9-6-19(27)7-10-21/h6-12,16-18,24,29,32H,13-15H2,1-5H3,(H,28,34)/t17-,18+,24-/m1/s1. The Kier molecular flexibility index (Phi) is 9.21. The van der Waals surface area contributed by atoms with Gasteiger partial charge in [-0.3, -0.25) is 9.52 Å². The predicted octanol–water partition coefficient (Wildman–Crippen LogP) is 2.90. The van der Waals surface area contributed by atoms with E-state index in [-0.39, 0.29) is 59.6 Å². The lowest BCUT2D eigenvalue weighted by molar-refractivity contribution is 0.0366. The summed E-state index contributed by atoms with van der Waals surface area (Å²) in [7, 11) is -2.40. The number of carbonyl (C=O) groups is 2. The molecule has 3 amide bonds. The van der Waals surface area contributed by atoms with E-state index in [1.165, 1.54) is 28.0 Å². The smallest absolute Gasteiger partial charge is 0.317 e. The van der Waals surface area contributed by atoms with E-state index in [4.69, 9.17) is 4.74 Å². The molecule has 2 aromatic carbocycles. The van der Waals surface area contributed by atoms with Gasteiger partial charge in [0.1, 0.15) is 17.7 Å². The average molecular weight is 551 g/mol. The summed E-state index contributed by atoms with van der Waals surface area (Å²) in [4.78, 5) is 28.9. The Morgan fingerprint density at radius 2 is 1.87 bits per heavy atom. The Balaban J connectivity index is 1.96. The Hall–Kier alpha value is -3.38. The number of anilines is 1. The first-order chi connectivity index (χ1) is 17.8. The van der Waals surface area contributed by atoms with Gasteiger partial charge in [-0.15, -0.1) is 0 Å². The summed E-state index contributed by atoms with van der Waals surface area (Å²) in [5.74, 6) is -0.973. The number of aliphatic hydroxyl groups is 1. The summed E-state index contributed by atoms with van der Waals surface area (Å²) in [5.41, 5.74) is 0.219. The Bertz CT molecular complexity index is 1250. The molecule has 0 aromatic heterocycles. The highest BCUT2D eigenvalue weighted by molar-refractivity contribution is 7.92. The van der Waals surface area contributed by atoms with Crippen molar-refractivity contribution >= 4 is 27.6 Å². The van der Waals surface area contributed by atoms with Gasteiger partial charge in [0.05, 0.1) is 29.7 Å². The van der Waals surface area contributed by atoms with Crippen molar-refractivity contribution in [3.63, 3.8) is 0 Å². The van der Waals surface area contributed by atoms with Crippen LogP contribution in [-0.4, -0.2) is 80.2 Å². The highest BCUT2D eigenvalue weighted by atomic mass is 32.2. The Morgan fingerprint density at radius 1 is 1.21 bits per heavy atom. The van der Waals surface area contributed by atoms with E-state index in [1.54, 1.807) is 14.0 Å². The molecule has 0 radical (unpaired) electrons. The van der Waals surface area contributed by atoms with Crippen LogP contribution >= 0.6 is 0 Å². The number of fused-ring (bicyclic) bond motifs is 1. The summed E-state index contributed by atoms with van der Waals surface area (Å²) in [6.45, 7) is 7.54. The molecule has 3 atom stereocenters. The van der Waals surface area contributed by atoms with Crippen molar-refractivity contribution in [3.05, 3.63) is 53.8 Å². The van der Waals surface area contributed by atoms with Crippen LogP contribution in [0.2, 0.25) is 0 Å². The van der Waals surface area contributed by atoms with Crippen molar-refractivity contribution in [3.8, 4) is 5.75 Å². The molecule has 208 valence electrons. The van der Waals surface area contributed by atoms with Gasteiger partial charge in [0.25, 0.3) is 15.9 Å². The minimum absolute atomic E-state index is 0.0445. The van der Waals surface area contributed by atoms with Crippen LogP contribution in [0.25, 0.3) is 0 Å². The van der Waals surface area contributed by atoms with E-state index in [0.717, 1.165) is 24.3 Å². The Morgan fingerprint density at radius 3 is 2.47 bits per heavy atom. The van der Waals surface area contributed by atoms with Crippen molar-refractivity contribution in [2.75, 3.05) is 31.5 Å². The molecule has 0 saturated carbocycles. The monoisotopic (exact) mass is 550 g/mol. The number of sulfonamides is 1. The van der Waals surface area contributed by atoms with Crippen molar-refractivity contribution in [2.45, 2.75) is 50.8 Å². The minimum atomic E-state index is -4.05. The second-order valence-corrected chi connectivity index (χ2v) is 11.6. The van der Waals surface area contributed by atoms with Crippen LogP contribution in [0.4, 0.5) is 14.9 Å². The number of hydrogen-bond acceptors (Lipinski definition) is 6. The van der Waals surface area contributed by atoms with Crippen LogP contribution in [-0.2, 0) is 10.0 Å². The van der Waals surface area contributed by atoms with Gasteiger partial charge < -0.3 is 25.0 Å². The lowest BCUT2D eigenvalue weighted by atomic mass is 9.99. The third-order valence-electron chi connectivity index (χ3n) is 6.25. The highest BCUT2D eigenvalue weighted by Crippen LogP contribution is 2.31. The van der Waals surface area contributed by atoms with Gasteiger partial charge in [-0.2, -0.15) is 0 Å². The highest BCUT2D eigenvalue weighted by Gasteiger charge is 2.34. The zero-order valence-electron chi connectivity index (χ0n) is 22.1. The molecule has 0 spiro atoms. The lowest BCUT2D eigenvalue weighted by Crippen LogP contribution is -2.51. The summed E-state index contributed by atoms with van der Waals surface area (Å²) in [5, 5.41) is 12.6. The van der Waals surface area contributed by atoms with Crippen LogP contribution in [0.15, 0.2) is 47.4 Å². The van der Waals surface area contributed by atoms with E-state index in [1.807, 2.05) is 20.8 Å². The van der Waals surface area contributed by atoms with Gasteiger partial charge in [-0.1, -0.05) is 6.92 Å². The molecule has 12 heteroatoms. The van der Waals surface area contributed by atoms with E-state index < -0.39 is 33.9 Å². The number of aliphatic hydroxyl groups excluding tert-OH is 1. The van der Waals surface area contributed by atoms with Crippen LogP contribution in [0.1, 0.15) is 38.1 Å². The first kappa shape index (κ1) is 29.2. The van der Waals surface area contributed by atoms with Crippen LogP contribution in [0.3, 0.4) is 0 Å². The number of carbonyl (C=O) groups excluding carboxylic acids is 2. The van der Waals surface area contributed by atoms with E-state index in [0.29, 0.717) is 0 Å². The zero-order chi connectivity index (χ0) is 28.2. The number of ether oxygens (including phenoxy) is 1. The number of urea groups is 1. The fraction of sp³-hybridized carbons (Fsp3) is 0.462. The van der Waals surface area contributed by atoms with Gasteiger partial charge in [0, 0.05) is 31.2 Å². The number of benzene rings is 2. The SMILES string of the molecule is CC(C)NC(=O)N(C)C[C@H]1Oc2ccc(NS(=O)(=O)c3ccc(F)cc3)cc2C(=O)N([C@@H](C)CO)C[C@H]1C. The van der Waals surface area contributed by atoms with Crippen LogP contribution < -0.4 is 14.8 Å². The van der Waals surface area contributed by atoms with Crippen molar-refractivity contribution in [2.24, 2.45) is 5.92 Å². The number of nitrogens with zero attached hydrogens (tertiary/aromatic N) is 2. The number of nitrogens with one attached hydrogen (secondary N) is 2. The van der Waals surface area contributed by atoms with Crippen LogP contribution in [0.5, 0.6) is 5.75 Å². The van der Waals surface area contributed by atoms with Gasteiger partial charge in [-0.05, 0) is 63.2 Å². The summed E-state index contributed by atoms with van der Waals surface area (Å²) in [6.07, 6.45) is -0.500. The number of amides is 3. The van der Waals surface area contributed by atoms with E-state index >= 15 is 0 Å². The zero-order valence-corrected chi connectivity index (χ0v) is 23.0. The normalized spacial score (nSPS) is 18.6. The van der Waals surface area contributed by atoms with Crippen molar-refractivity contribution in [1.82, 2.24) is 15.1 Å². The third kappa shape index (κ3) is 6.93. The molecule has 1 aliphatic heterocycles. The molecule has 1 heterocycles. The molecule has 0 fully saturated rings.